The number of aliphatic carboxylic acids is 1. The summed E-state index contributed by atoms with van der Waals surface area (Å²) in [6.07, 6.45) is 2.73. The average Bonchev–Trinajstić information content (AvgIpc) is 2.90. The van der Waals surface area contributed by atoms with E-state index in [0.717, 1.165) is 0 Å². The van der Waals surface area contributed by atoms with Gasteiger partial charge < -0.3 is 10.4 Å². The van der Waals surface area contributed by atoms with Gasteiger partial charge in [0.2, 0.25) is 0 Å². The number of nitrogens with zero attached hydrogens (tertiary/aromatic N) is 1. The highest BCUT2D eigenvalue weighted by atomic mass is 16.4. The van der Waals surface area contributed by atoms with Gasteiger partial charge in [0, 0.05) is 6.20 Å². The maximum atomic E-state index is 11.8. The van der Waals surface area contributed by atoms with Crippen LogP contribution in [0.3, 0.4) is 0 Å². The molecule has 1 aromatic heterocycles. The molecular formula is C12H11N3O3. The van der Waals surface area contributed by atoms with Crippen molar-refractivity contribution in [2.24, 2.45) is 0 Å². The number of nitrogens with one attached hydrogen (secondary N) is 2. The van der Waals surface area contributed by atoms with Crippen molar-refractivity contribution in [2.45, 2.75) is 6.04 Å². The van der Waals surface area contributed by atoms with Gasteiger partial charge in [-0.3, -0.25) is 9.89 Å². The molecule has 0 bridgehead atoms. The van der Waals surface area contributed by atoms with Crippen LogP contribution in [0.1, 0.15) is 22.0 Å². The van der Waals surface area contributed by atoms with Crippen LogP contribution in [-0.4, -0.2) is 27.2 Å². The molecule has 0 aliphatic carbocycles. The Morgan fingerprint density at radius 1 is 1.28 bits per heavy atom. The van der Waals surface area contributed by atoms with Crippen molar-refractivity contribution in [1.29, 1.82) is 0 Å². The number of amides is 1. The average molecular weight is 245 g/mol. The van der Waals surface area contributed by atoms with Crippen LogP contribution >= 0.6 is 0 Å². The summed E-state index contributed by atoms with van der Waals surface area (Å²) in [6, 6.07) is 7.43. The van der Waals surface area contributed by atoms with Crippen molar-refractivity contribution in [3.63, 3.8) is 0 Å². The fraction of sp³-hybridized carbons (Fsp3) is 0.0833. The second kappa shape index (κ2) is 5.13. The molecule has 0 aliphatic heterocycles. The molecule has 0 fully saturated rings. The second-order valence-corrected chi connectivity index (χ2v) is 3.64. The SMILES string of the molecule is O=C(N[C@H](C(=O)O)c1ccccc1)c1cn[nH]c1. The van der Waals surface area contributed by atoms with Crippen molar-refractivity contribution >= 4 is 11.9 Å². The summed E-state index contributed by atoms with van der Waals surface area (Å²) in [5.74, 6) is -1.60. The first-order chi connectivity index (χ1) is 8.68. The van der Waals surface area contributed by atoms with E-state index in [0.29, 0.717) is 5.56 Å². The highest BCUT2D eigenvalue weighted by molar-refractivity contribution is 5.96. The van der Waals surface area contributed by atoms with Gasteiger partial charge in [-0.25, -0.2) is 4.79 Å². The molecule has 6 heteroatoms. The molecule has 2 rings (SSSR count). The quantitative estimate of drug-likeness (QED) is 0.747. The largest absolute Gasteiger partial charge is 0.479 e. The van der Waals surface area contributed by atoms with E-state index in [2.05, 4.69) is 15.5 Å². The fourth-order valence-electron chi connectivity index (χ4n) is 1.52. The number of benzene rings is 1. The minimum Gasteiger partial charge on any atom is -0.479 e. The van der Waals surface area contributed by atoms with Crippen LogP contribution in [0.25, 0.3) is 0 Å². The van der Waals surface area contributed by atoms with E-state index in [1.807, 2.05) is 0 Å². The first kappa shape index (κ1) is 11.8. The van der Waals surface area contributed by atoms with E-state index in [-0.39, 0.29) is 5.56 Å². The first-order valence-corrected chi connectivity index (χ1v) is 5.26. The zero-order valence-corrected chi connectivity index (χ0v) is 9.33. The maximum Gasteiger partial charge on any atom is 0.330 e. The lowest BCUT2D eigenvalue weighted by molar-refractivity contribution is -0.139. The van der Waals surface area contributed by atoms with Gasteiger partial charge >= 0.3 is 5.97 Å². The third-order valence-electron chi connectivity index (χ3n) is 2.42. The Morgan fingerprint density at radius 2 is 2.00 bits per heavy atom. The van der Waals surface area contributed by atoms with Crippen molar-refractivity contribution in [3.05, 3.63) is 53.9 Å². The topological polar surface area (TPSA) is 95.1 Å². The number of carbonyl (C=O) groups is 2. The number of aromatic amines is 1. The molecular weight excluding hydrogens is 234 g/mol. The number of carboxylic acids is 1. The molecule has 1 atom stereocenters. The van der Waals surface area contributed by atoms with Gasteiger partial charge in [0.05, 0.1) is 11.8 Å². The summed E-state index contributed by atoms with van der Waals surface area (Å²) in [5.41, 5.74) is 0.805. The Balaban J connectivity index is 2.18. The first-order valence-electron chi connectivity index (χ1n) is 5.26. The van der Waals surface area contributed by atoms with Crippen molar-refractivity contribution in [3.8, 4) is 0 Å². The van der Waals surface area contributed by atoms with Crippen molar-refractivity contribution in [2.75, 3.05) is 0 Å². The molecule has 1 heterocycles. The number of rotatable bonds is 4. The second-order valence-electron chi connectivity index (χ2n) is 3.64. The number of carbonyl (C=O) groups excluding carboxylic acids is 1. The Labute approximate surface area is 103 Å². The molecule has 0 unspecified atom stereocenters. The summed E-state index contributed by atoms with van der Waals surface area (Å²) < 4.78 is 0. The Morgan fingerprint density at radius 3 is 2.56 bits per heavy atom. The van der Waals surface area contributed by atoms with Crippen LogP contribution in [0.5, 0.6) is 0 Å². The summed E-state index contributed by atoms with van der Waals surface area (Å²) >= 11 is 0. The number of H-pyrrole nitrogens is 1. The Bertz CT molecular complexity index is 537. The summed E-state index contributed by atoms with van der Waals surface area (Å²) in [5, 5.41) is 17.7. The zero-order valence-electron chi connectivity index (χ0n) is 9.33. The highest BCUT2D eigenvalue weighted by Crippen LogP contribution is 2.13. The molecule has 1 amide bonds. The van der Waals surface area contributed by atoms with E-state index in [1.165, 1.54) is 12.4 Å². The van der Waals surface area contributed by atoms with Crippen LogP contribution < -0.4 is 5.32 Å². The van der Waals surface area contributed by atoms with Gasteiger partial charge in [0.25, 0.3) is 5.91 Å². The molecule has 0 spiro atoms. The molecule has 2 aromatic rings. The third kappa shape index (κ3) is 2.54. The van der Waals surface area contributed by atoms with Crippen molar-refractivity contribution < 1.29 is 14.7 Å². The van der Waals surface area contributed by atoms with E-state index in [4.69, 9.17) is 5.11 Å². The lowest BCUT2D eigenvalue weighted by Gasteiger charge is -2.14. The Kier molecular flexibility index (Phi) is 3.38. The number of carboxylic acid groups (broad SMARTS) is 1. The molecule has 0 aliphatic rings. The predicted molar refractivity (Wildman–Crippen MR) is 62.9 cm³/mol. The van der Waals surface area contributed by atoms with Crippen molar-refractivity contribution in [1.82, 2.24) is 15.5 Å². The molecule has 3 N–H and O–H groups in total. The molecule has 18 heavy (non-hydrogen) atoms. The van der Waals surface area contributed by atoms with E-state index >= 15 is 0 Å². The minimum atomic E-state index is -1.11. The van der Waals surface area contributed by atoms with Crippen LogP contribution in [0, 0.1) is 0 Å². The van der Waals surface area contributed by atoms with Gasteiger partial charge in [-0.05, 0) is 5.56 Å². The number of hydrogen-bond acceptors (Lipinski definition) is 3. The lowest BCUT2D eigenvalue weighted by Crippen LogP contribution is -2.33. The highest BCUT2D eigenvalue weighted by Gasteiger charge is 2.22. The molecule has 0 radical (unpaired) electrons. The smallest absolute Gasteiger partial charge is 0.330 e. The van der Waals surface area contributed by atoms with Crippen LogP contribution in [-0.2, 0) is 4.79 Å². The van der Waals surface area contributed by atoms with E-state index in [9.17, 15) is 9.59 Å². The van der Waals surface area contributed by atoms with Gasteiger partial charge in [-0.15, -0.1) is 0 Å². The number of aromatic nitrogens is 2. The summed E-state index contributed by atoms with van der Waals surface area (Å²) in [4.78, 5) is 22.9. The molecule has 6 nitrogen and oxygen atoms in total. The molecule has 0 saturated carbocycles. The summed E-state index contributed by atoms with van der Waals surface area (Å²) in [6.45, 7) is 0. The minimum absolute atomic E-state index is 0.289. The third-order valence-corrected chi connectivity index (χ3v) is 2.42. The Hall–Kier alpha value is -2.63. The standard InChI is InChI=1S/C12H11N3O3/c16-11(9-6-13-14-7-9)15-10(12(17)18)8-4-2-1-3-5-8/h1-7,10H,(H,13,14)(H,15,16)(H,17,18)/t10-/m0/s1. The fourth-order valence-corrected chi connectivity index (χ4v) is 1.52. The van der Waals surface area contributed by atoms with Crippen LogP contribution in [0.15, 0.2) is 42.7 Å². The summed E-state index contributed by atoms with van der Waals surface area (Å²) in [7, 11) is 0. The van der Waals surface area contributed by atoms with Gasteiger partial charge in [-0.2, -0.15) is 5.10 Å². The maximum absolute atomic E-state index is 11.8. The predicted octanol–water partition coefficient (Wildman–Crippen LogP) is 0.965. The van der Waals surface area contributed by atoms with Gasteiger partial charge in [0.15, 0.2) is 6.04 Å². The number of hydrogen-bond donors (Lipinski definition) is 3. The van der Waals surface area contributed by atoms with E-state index in [1.54, 1.807) is 30.3 Å². The molecule has 92 valence electrons. The molecule has 1 aromatic carbocycles. The van der Waals surface area contributed by atoms with Gasteiger partial charge in [-0.1, -0.05) is 30.3 Å². The molecule has 0 saturated heterocycles. The normalized spacial score (nSPS) is 11.8. The monoisotopic (exact) mass is 245 g/mol. The lowest BCUT2D eigenvalue weighted by atomic mass is 10.1. The van der Waals surface area contributed by atoms with Gasteiger partial charge in [0.1, 0.15) is 0 Å². The van der Waals surface area contributed by atoms with Crippen LogP contribution in [0.4, 0.5) is 0 Å². The zero-order chi connectivity index (χ0) is 13.0. The van der Waals surface area contributed by atoms with E-state index < -0.39 is 17.9 Å². The van der Waals surface area contributed by atoms with Crippen LogP contribution in [0.2, 0.25) is 0 Å².